The average molecular weight is 597 g/mol. The van der Waals surface area contributed by atoms with E-state index in [1.54, 1.807) is 37.3 Å². The smallest absolute Gasteiger partial charge is 0.328 e. The Morgan fingerprint density at radius 1 is 1.12 bits per heavy atom. The minimum Gasteiger partial charge on any atom is -0.508 e. The topological polar surface area (TPSA) is 134 Å². The van der Waals surface area contributed by atoms with E-state index in [9.17, 15) is 24.6 Å². The molecule has 0 aliphatic carbocycles. The van der Waals surface area contributed by atoms with E-state index in [0.717, 1.165) is 11.1 Å². The van der Waals surface area contributed by atoms with Crippen molar-refractivity contribution in [2.45, 2.75) is 91.1 Å². The van der Waals surface area contributed by atoms with Gasteiger partial charge >= 0.3 is 5.97 Å². The molecule has 0 unspecified atom stereocenters. The Kier molecular flexibility index (Phi) is 14.9. The molecule has 236 valence electrons. The lowest BCUT2D eigenvalue weighted by Crippen LogP contribution is -2.43. The summed E-state index contributed by atoms with van der Waals surface area (Å²) in [5.41, 5.74) is 2.04. The summed E-state index contributed by atoms with van der Waals surface area (Å²) < 4.78 is 11.3. The number of allylic oxidation sites excluding steroid dienone is 5. The summed E-state index contributed by atoms with van der Waals surface area (Å²) in [5.74, 6) is -1.26. The van der Waals surface area contributed by atoms with Gasteiger partial charge in [0, 0.05) is 37.6 Å². The van der Waals surface area contributed by atoms with Crippen LogP contribution >= 0.6 is 0 Å². The Balaban J connectivity index is 2.30. The number of aryl methyl sites for hydroxylation is 1. The van der Waals surface area contributed by atoms with Crippen LogP contribution in [0.25, 0.3) is 0 Å². The van der Waals surface area contributed by atoms with Gasteiger partial charge in [-0.15, -0.1) is 0 Å². The monoisotopic (exact) mass is 596 g/mol. The third-order valence-corrected chi connectivity index (χ3v) is 7.16. The maximum absolute atomic E-state index is 12.9. The average Bonchev–Trinajstić information content (AvgIpc) is 2.92. The van der Waals surface area contributed by atoms with Crippen molar-refractivity contribution in [3.63, 3.8) is 0 Å². The third-order valence-electron chi connectivity index (χ3n) is 7.16. The number of aliphatic hydroxyl groups is 1. The first-order valence-electron chi connectivity index (χ1n) is 14.9. The van der Waals surface area contributed by atoms with Crippen LogP contribution in [0.2, 0.25) is 0 Å². The first-order valence-corrected chi connectivity index (χ1v) is 14.9. The SMILES string of the molecule is CO[C@H]1\C=C/C=C/C=C/C[C@H](OC(=O)[C@@H](C)NC(=O)CC(C)C)[C@H](C)[C@@H](O)/C(C)=C\CCc2cc(O)cc(c2)NC(=O)C1. The van der Waals surface area contributed by atoms with Crippen LogP contribution in [0.1, 0.15) is 65.9 Å². The predicted molar refractivity (Wildman–Crippen MR) is 168 cm³/mol. The second kappa shape index (κ2) is 18.1. The highest BCUT2D eigenvalue weighted by Crippen LogP contribution is 2.24. The number of carbonyl (C=O) groups excluding carboxylic acids is 3. The molecule has 1 aromatic rings. The Bertz CT molecular complexity index is 1200. The Hall–Kier alpha value is -3.69. The van der Waals surface area contributed by atoms with Crippen LogP contribution < -0.4 is 10.6 Å². The van der Waals surface area contributed by atoms with Gasteiger partial charge < -0.3 is 30.3 Å². The molecular formula is C34H48N2O7. The number of esters is 1. The molecule has 43 heavy (non-hydrogen) atoms. The van der Waals surface area contributed by atoms with E-state index in [4.69, 9.17) is 9.47 Å². The molecule has 0 saturated carbocycles. The number of carbonyl (C=O) groups is 3. The molecular weight excluding hydrogens is 548 g/mol. The van der Waals surface area contributed by atoms with Crippen molar-refractivity contribution < 1.29 is 34.1 Å². The number of phenolic OH excluding ortho intramolecular Hbond substituents is 1. The number of nitrogens with one attached hydrogen (secondary N) is 2. The summed E-state index contributed by atoms with van der Waals surface area (Å²) in [6, 6.07) is 4.12. The second-order valence-corrected chi connectivity index (χ2v) is 11.5. The van der Waals surface area contributed by atoms with Crippen molar-refractivity contribution >= 4 is 23.5 Å². The van der Waals surface area contributed by atoms with E-state index in [1.807, 2.05) is 52.0 Å². The largest absolute Gasteiger partial charge is 0.508 e. The molecule has 0 spiro atoms. The maximum Gasteiger partial charge on any atom is 0.328 e. The fourth-order valence-corrected chi connectivity index (χ4v) is 4.68. The molecule has 1 aliphatic heterocycles. The lowest BCUT2D eigenvalue weighted by Gasteiger charge is -2.29. The number of hydrogen-bond donors (Lipinski definition) is 4. The number of aromatic hydroxyl groups is 1. The van der Waals surface area contributed by atoms with Gasteiger partial charge in [0.15, 0.2) is 0 Å². The highest BCUT2D eigenvalue weighted by Gasteiger charge is 2.29. The first kappa shape index (κ1) is 35.5. The van der Waals surface area contributed by atoms with Gasteiger partial charge in [0.1, 0.15) is 17.9 Å². The molecule has 9 nitrogen and oxygen atoms in total. The fourth-order valence-electron chi connectivity index (χ4n) is 4.68. The van der Waals surface area contributed by atoms with E-state index in [2.05, 4.69) is 10.6 Å². The molecule has 2 rings (SSSR count). The normalized spacial score (nSPS) is 26.5. The molecule has 9 heteroatoms. The molecule has 1 heterocycles. The van der Waals surface area contributed by atoms with Crippen LogP contribution in [0.4, 0.5) is 5.69 Å². The van der Waals surface area contributed by atoms with Crippen molar-refractivity contribution in [3.8, 4) is 5.75 Å². The number of phenols is 1. The number of methoxy groups -OCH3 is 1. The van der Waals surface area contributed by atoms with Crippen LogP contribution in [-0.4, -0.2) is 59.5 Å². The van der Waals surface area contributed by atoms with E-state index in [0.29, 0.717) is 31.4 Å². The molecule has 1 aromatic carbocycles. The molecule has 2 bridgehead atoms. The fraction of sp³-hybridized carbons (Fsp3) is 0.500. The predicted octanol–water partition coefficient (Wildman–Crippen LogP) is 5.15. The van der Waals surface area contributed by atoms with Gasteiger partial charge in [-0.3, -0.25) is 9.59 Å². The molecule has 0 saturated heterocycles. The minimum absolute atomic E-state index is 0.0423. The summed E-state index contributed by atoms with van der Waals surface area (Å²) in [6.45, 7) is 9.11. The molecule has 1 aliphatic rings. The van der Waals surface area contributed by atoms with Crippen molar-refractivity contribution in [3.05, 3.63) is 71.9 Å². The van der Waals surface area contributed by atoms with Crippen LogP contribution in [0.5, 0.6) is 5.75 Å². The Morgan fingerprint density at radius 3 is 2.53 bits per heavy atom. The Labute approximate surface area is 255 Å². The van der Waals surface area contributed by atoms with Gasteiger partial charge in [0.2, 0.25) is 11.8 Å². The summed E-state index contributed by atoms with van der Waals surface area (Å²) in [6.07, 6.45) is 12.7. The maximum atomic E-state index is 12.9. The van der Waals surface area contributed by atoms with E-state index in [-0.39, 0.29) is 29.9 Å². The quantitative estimate of drug-likeness (QED) is 0.264. The summed E-state index contributed by atoms with van der Waals surface area (Å²) in [5, 5.41) is 26.9. The van der Waals surface area contributed by atoms with Gasteiger partial charge in [-0.05, 0) is 55.9 Å². The van der Waals surface area contributed by atoms with Crippen molar-refractivity contribution in [2.75, 3.05) is 12.4 Å². The highest BCUT2D eigenvalue weighted by molar-refractivity contribution is 5.91. The van der Waals surface area contributed by atoms with E-state index >= 15 is 0 Å². The number of amides is 2. The molecule has 4 N–H and O–H groups in total. The zero-order valence-corrected chi connectivity index (χ0v) is 26.2. The van der Waals surface area contributed by atoms with E-state index < -0.39 is 36.2 Å². The standard InChI is InChI=1S/C34H48N2O7/c1-22(2)17-31(38)35-25(5)34(41)43-30-16-11-9-7-8-10-15-29(42-6)21-32(39)36-27-18-26(19-28(37)20-27)14-12-13-23(3)33(40)24(30)4/h7-11,13,15,18-20,22,24-25,29-30,33,37,40H,12,14,16-17,21H2,1-6H3,(H,35,38)(H,36,39)/b8-7+,11-9+,15-10-,23-13-/t24-,25+,29-,30-,33-/m0/s1. The molecule has 0 radical (unpaired) electrons. The summed E-state index contributed by atoms with van der Waals surface area (Å²) in [7, 11) is 1.53. The van der Waals surface area contributed by atoms with Gasteiger partial charge in [-0.1, -0.05) is 63.3 Å². The third kappa shape index (κ3) is 13.0. The molecule has 5 atom stereocenters. The van der Waals surface area contributed by atoms with Crippen molar-refractivity contribution in [1.82, 2.24) is 5.32 Å². The van der Waals surface area contributed by atoms with Gasteiger partial charge in [-0.2, -0.15) is 0 Å². The highest BCUT2D eigenvalue weighted by atomic mass is 16.5. The Morgan fingerprint density at radius 2 is 1.84 bits per heavy atom. The second-order valence-electron chi connectivity index (χ2n) is 11.5. The van der Waals surface area contributed by atoms with Crippen LogP contribution in [0, 0.1) is 11.8 Å². The lowest BCUT2D eigenvalue weighted by atomic mass is 9.90. The number of fused-ring (bicyclic) bond motifs is 2. The number of hydrogen-bond acceptors (Lipinski definition) is 7. The first-order chi connectivity index (χ1) is 20.4. The molecule has 0 aromatic heterocycles. The minimum atomic E-state index is -0.880. The van der Waals surface area contributed by atoms with Gasteiger partial charge in [0.05, 0.1) is 18.6 Å². The van der Waals surface area contributed by atoms with Crippen molar-refractivity contribution in [1.29, 1.82) is 0 Å². The number of aliphatic hydroxyl groups excluding tert-OH is 1. The number of rotatable bonds is 6. The number of benzene rings is 1. The lowest BCUT2D eigenvalue weighted by molar-refractivity contribution is -0.156. The van der Waals surface area contributed by atoms with Crippen LogP contribution in [-0.2, 0) is 30.3 Å². The number of ether oxygens (including phenoxy) is 2. The van der Waals surface area contributed by atoms with Gasteiger partial charge in [-0.25, -0.2) is 4.79 Å². The summed E-state index contributed by atoms with van der Waals surface area (Å²) in [4.78, 5) is 37.7. The van der Waals surface area contributed by atoms with Gasteiger partial charge in [0.25, 0.3) is 0 Å². The molecule has 0 fully saturated rings. The van der Waals surface area contributed by atoms with Crippen LogP contribution in [0.3, 0.4) is 0 Å². The zero-order chi connectivity index (χ0) is 31.9. The zero-order valence-electron chi connectivity index (χ0n) is 26.2. The number of anilines is 1. The summed E-state index contributed by atoms with van der Waals surface area (Å²) >= 11 is 0. The molecule has 2 amide bonds. The van der Waals surface area contributed by atoms with Crippen molar-refractivity contribution in [2.24, 2.45) is 11.8 Å². The van der Waals surface area contributed by atoms with E-state index in [1.165, 1.54) is 13.2 Å². The van der Waals surface area contributed by atoms with Crippen LogP contribution in [0.15, 0.2) is 66.3 Å².